The van der Waals surface area contributed by atoms with Gasteiger partial charge in [0.15, 0.2) is 0 Å². The summed E-state index contributed by atoms with van der Waals surface area (Å²) < 4.78 is 5.31. The lowest BCUT2D eigenvalue weighted by atomic mass is 9.89. The van der Waals surface area contributed by atoms with E-state index in [0.29, 0.717) is 24.1 Å². The van der Waals surface area contributed by atoms with Crippen molar-refractivity contribution in [2.24, 2.45) is 10.4 Å². The second kappa shape index (κ2) is 7.42. The molecular weight excluding hydrogens is 404 g/mol. The zero-order valence-corrected chi connectivity index (χ0v) is 18.1. The molecule has 2 aliphatic rings. The highest BCUT2D eigenvalue weighted by atomic mass is 35.5. The molecule has 29 heavy (non-hydrogen) atoms. The smallest absolute Gasteiger partial charge is 0.129 e. The van der Waals surface area contributed by atoms with Gasteiger partial charge in [-0.3, -0.25) is 20.7 Å². The summed E-state index contributed by atoms with van der Waals surface area (Å²) in [7, 11) is 0. The summed E-state index contributed by atoms with van der Waals surface area (Å²) in [5.41, 5.74) is 3.60. The Hall–Kier alpha value is -2.46. The number of anilines is 1. The second-order valence-electron chi connectivity index (χ2n) is 7.58. The van der Waals surface area contributed by atoms with Crippen LogP contribution in [0, 0.1) is 35.0 Å². The molecule has 0 saturated carbocycles. The Morgan fingerprint density at radius 3 is 2.59 bits per heavy atom. The summed E-state index contributed by atoms with van der Waals surface area (Å²) in [6.45, 7) is 7.35. The van der Waals surface area contributed by atoms with Gasteiger partial charge in [-0.2, -0.15) is 0 Å². The van der Waals surface area contributed by atoms with Gasteiger partial charge >= 0.3 is 0 Å². The topological polar surface area (TPSA) is 72.5 Å². The van der Waals surface area contributed by atoms with Crippen molar-refractivity contribution in [3.63, 3.8) is 0 Å². The number of thiophene rings is 1. The molecule has 2 aliphatic heterocycles. The fourth-order valence-corrected chi connectivity index (χ4v) is 4.73. The number of nitrogens with zero attached hydrogens (tertiary/aromatic N) is 2. The van der Waals surface area contributed by atoms with Gasteiger partial charge in [-0.1, -0.05) is 35.6 Å². The quantitative estimate of drug-likeness (QED) is 0.394. The van der Waals surface area contributed by atoms with Crippen molar-refractivity contribution in [3.05, 3.63) is 50.9 Å². The number of rotatable bonds is 1. The summed E-state index contributed by atoms with van der Waals surface area (Å²) in [6.07, 6.45) is 0. The van der Waals surface area contributed by atoms with Crippen molar-refractivity contribution in [2.75, 3.05) is 24.7 Å². The van der Waals surface area contributed by atoms with Crippen molar-refractivity contribution < 1.29 is 4.74 Å². The monoisotopic (exact) mass is 424 g/mol. The predicted octanol–water partition coefficient (Wildman–Crippen LogP) is 4.73. The van der Waals surface area contributed by atoms with Gasteiger partial charge in [-0.15, -0.1) is 11.3 Å². The van der Waals surface area contributed by atoms with Crippen LogP contribution in [-0.4, -0.2) is 37.1 Å². The average molecular weight is 425 g/mol. The van der Waals surface area contributed by atoms with E-state index in [1.165, 1.54) is 11.3 Å². The first kappa shape index (κ1) is 19.8. The molecule has 0 bridgehead atoms. The van der Waals surface area contributed by atoms with E-state index in [9.17, 15) is 0 Å². The van der Waals surface area contributed by atoms with Crippen LogP contribution in [0.2, 0.25) is 5.02 Å². The van der Waals surface area contributed by atoms with Crippen LogP contribution in [0.5, 0.6) is 0 Å². The Kier molecular flexibility index (Phi) is 5.07. The first-order valence-corrected chi connectivity index (χ1v) is 10.5. The Labute approximate surface area is 179 Å². The first-order valence-electron chi connectivity index (χ1n) is 9.27. The minimum atomic E-state index is -0.106. The standard InChI is InChI=1S/C22H21ClN4OS/c1-13-17(8-9-22(3)11-28-12-22)29-21-19(13)20(15-4-6-16(23)7-5-15)26-10-18(25)27(21)14(2)24/h4-7,24-25H,10-12H2,1-3H3. The maximum atomic E-state index is 8.46. The summed E-state index contributed by atoms with van der Waals surface area (Å²) in [5.74, 6) is 7.26. The van der Waals surface area contributed by atoms with E-state index >= 15 is 0 Å². The van der Waals surface area contributed by atoms with Crippen molar-refractivity contribution in [1.29, 1.82) is 10.8 Å². The third-order valence-electron chi connectivity index (χ3n) is 5.00. The number of hydrogen-bond donors (Lipinski definition) is 2. The molecule has 2 N–H and O–H groups in total. The molecule has 2 aromatic rings. The number of halogens is 1. The van der Waals surface area contributed by atoms with Crippen molar-refractivity contribution >= 4 is 45.3 Å². The normalized spacial score (nSPS) is 17.4. The Morgan fingerprint density at radius 1 is 1.31 bits per heavy atom. The molecule has 0 amide bonds. The van der Waals surface area contributed by atoms with E-state index in [4.69, 9.17) is 32.1 Å². The van der Waals surface area contributed by atoms with E-state index in [1.54, 1.807) is 11.8 Å². The summed E-state index contributed by atoms with van der Waals surface area (Å²) in [4.78, 5) is 7.34. The zero-order valence-electron chi connectivity index (χ0n) is 16.5. The van der Waals surface area contributed by atoms with Gasteiger partial charge in [0, 0.05) is 16.1 Å². The molecule has 148 valence electrons. The van der Waals surface area contributed by atoms with E-state index < -0.39 is 0 Å². The largest absolute Gasteiger partial charge is 0.378 e. The number of aliphatic imine (C=N–C) groups is 1. The van der Waals surface area contributed by atoms with Gasteiger partial charge < -0.3 is 4.74 Å². The van der Waals surface area contributed by atoms with Crippen LogP contribution in [0.15, 0.2) is 29.3 Å². The van der Waals surface area contributed by atoms with Gasteiger partial charge in [0.25, 0.3) is 0 Å². The fourth-order valence-electron chi connectivity index (χ4n) is 3.37. The maximum absolute atomic E-state index is 8.46. The molecular formula is C22H21ClN4OS. The highest BCUT2D eigenvalue weighted by Gasteiger charge is 2.32. The van der Waals surface area contributed by atoms with Gasteiger partial charge in [0.05, 0.1) is 35.8 Å². The Balaban J connectivity index is 1.89. The molecule has 7 heteroatoms. The molecule has 5 nitrogen and oxygen atoms in total. The molecule has 0 unspecified atom stereocenters. The molecule has 3 heterocycles. The minimum Gasteiger partial charge on any atom is -0.378 e. The predicted molar refractivity (Wildman–Crippen MR) is 120 cm³/mol. The molecule has 1 saturated heterocycles. The average Bonchev–Trinajstić information content (AvgIpc) is 2.87. The number of benzene rings is 1. The molecule has 1 aromatic carbocycles. The fraction of sp³-hybridized carbons (Fsp3) is 0.318. The van der Waals surface area contributed by atoms with Crippen molar-refractivity contribution in [2.45, 2.75) is 20.8 Å². The SMILES string of the molecule is CC(=N)N1C(=N)CN=C(c2ccc(Cl)cc2)c2c1sc(C#CC1(C)COC1)c2C. The van der Waals surface area contributed by atoms with E-state index in [0.717, 1.165) is 32.3 Å². The van der Waals surface area contributed by atoms with Crippen LogP contribution in [0.4, 0.5) is 5.00 Å². The molecule has 0 radical (unpaired) electrons. The highest BCUT2D eigenvalue weighted by Crippen LogP contribution is 2.39. The molecule has 1 fully saturated rings. The first-order chi connectivity index (χ1) is 13.8. The third kappa shape index (κ3) is 3.62. The van der Waals surface area contributed by atoms with Crippen molar-refractivity contribution in [1.82, 2.24) is 0 Å². The highest BCUT2D eigenvalue weighted by molar-refractivity contribution is 7.17. The van der Waals surface area contributed by atoms with E-state index in [1.807, 2.05) is 31.2 Å². The molecule has 4 rings (SSSR count). The summed E-state index contributed by atoms with van der Waals surface area (Å²) in [5, 5.41) is 18.2. The van der Waals surface area contributed by atoms with Crippen molar-refractivity contribution in [3.8, 4) is 11.8 Å². The van der Waals surface area contributed by atoms with Crippen LogP contribution < -0.4 is 4.90 Å². The lowest BCUT2D eigenvalue weighted by molar-refractivity contribution is -0.0648. The van der Waals surface area contributed by atoms with Gasteiger partial charge in [0.1, 0.15) is 16.7 Å². The van der Waals surface area contributed by atoms with Crippen LogP contribution in [0.3, 0.4) is 0 Å². The lowest BCUT2D eigenvalue weighted by Gasteiger charge is -2.32. The number of nitrogens with one attached hydrogen (secondary N) is 2. The van der Waals surface area contributed by atoms with Gasteiger partial charge in [0.2, 0.25) is 0 Å². The Bertz CT molecular complexity index is 1100. The molecule has 0 atom stereocenters. The number of fused-ring (bicyclic) bond motifs is 1. The van der Waals surface area contributed by atoms with E-state index in [-0.39, 0.29) is 17.8 Å². The van der Waals surface area contributed by atoms with E-state index in [2.05, 4.69) is 18.8 Å². The Morgan fingerprint density at radius 2 is 2.00 bits per heavy atom. The van der Waals surface area contributed by atoms with Gasteiger partial charge in [-0.05, 0) is 38.5 Å². The third-order valence-corrected chi connectivity index (χ3v) is 6.44. The number of ether oxygens (including phenoxy) is 1. The summed E-state index contributed by atoms with van der Waals surface area (Å²) in [6, 6.07) is 7.57. The second-order valence-corrected chi connectivity index (χ2v) is 9.01. The zero-order chi connectivity index (χ0) is 20.8. The molecule has 0 aliphatic carbocycles. The van der Waals surface area contributed by atoms with Crippen LogP contribution in [0.1, 0.15) is 35.4 Å². The van der Waals surface area contributed by atoms with Crippen LogP contribution in [-0.2, 0) is 4.74 Å². The maximum Gasteiger partial charge on any atom is 0.129 e. The number of hydrogen-bond acceptors (Lipinski definition) is 5. The van der Waals surface area contributed by atoms with Gasteiger partial charge in [-0.25, -0.2) is 0 Å². The lowest BCUT2D eigenvalue weighted by Crippen LogP contribution is -2.38. The summed E-state index contributed by atoms with van der Waals surface area (Å²) >= 11 is 7.59. The number of amidine groups is 2. The molecule has 0 spiro atoms. The molecule has 1 aromatic heterocycles. The van der Waals surface area contributed by atoms with Crippen LogP contribution >= 0.6 is 22.9 Å². The van der Waals surface area contributed by atoms with Crippen LogP contribution in [0.25, 0.3) is 0 Å². The minimum absolute atomic E-state index is 0.106.